The van der Waals surface area contributed by atoms with Crippen molar-refractivity contribution >= 4 is 56.7 Å². The standard InChI is InChI=1S/C22H21IN2O6S/c1-3-10-29-22(28)17-12(2)18(19(24)26)32-21(17)25-20(27)16-9-8-15(31-16)11-30-14-6-4-13(23)5-7-14/h4-9H,3,10-11H2,1-2H3,(H2,24,26)(H,25,27). The molecule has 0 radical (unpaired) electrons. The van der Waals surface area contributed by atoms with Gasteiger partial charge in [0.25, 0.3) is 11.8 Å². The third kappa shape index (κ3) is 5.68. The number of nitrogens with two attached hydrogens (primary N) is 1. The maximum atomic E-state index is 12.7. The first kappa shape index (κ1) is 23.8. The number of ether oxygens (including phenoxy) is 2. The Labute approximate surface area is 202 Å². The van der Waals surface area contributed by atoms with E-state index in [4.69, 9.17) is 19.6 Å². The molecule has 168 valence electrons. The molecule has 0 aliphatic rings. The molecule has 0 saturated carbocycles. The van der Waals surface area contributed by atoms with E-state index in [-0.39, 0.29) is 34.4 Å². The van der Waals surface area contributed by atoms with E-state index in [1.807, 2.05) is 31.2 Å². The number of rotatable bonds is 9. The smallest absolute Gasteiger partial charge is 0.341 e. The zero-order valence-corrected chi connectivity index (χ0v) is 20.4. The van der Waals surface area contributed by atoms with Gasteiger partial charge in [-0.2, -0.15) is 0 Å². The lowest BCUT2D eigenvalue weighted by Crippen LogP contribution is -2.15. The first-order valence-electron chi connectivity index (χ1n) is 9.68. The molecule has 0 aliphatic heterocycles. The van der Waals surface area contributed by atoms with Gasteiger partial charge < -0.3 is 24.9 Å². The Hall–Kier alpha value is -2.86. The zero-order chi connectivity index (χ0) is 23.3. The van der Waals surface area contributed by atoms with E-state index in [1.165, 1.54) is 6.07 Å². The Balaban J connectivity index is 1.74. The number of thiophene rings is 1. The first-order chi connectivity index (χ1) is 15.3. The molecule has 1 aromatic carbocycles. The number of carbonyl (C=O) groups excluding carboxylic acids is 3. The van der Waals surface area contributed by atoms with Crippen LogP contribution in [0.2, 0.25) is 0 Å². The summed E-state index contributed by atoms with van der Waals surface area (Å²) in [5.41, 5.74) is 5.88. The van der Waals surface area contributed by atoms with Gasteiger partial charge >= 0.3 is 5.97 Å². The van der Waals surface area contributed by atoms with Crippen molar-refractivity contribution in [3.05, 3.63) is 67.5 Å². The number of hydrogen-bond acceptors (Lipinski definition) is 7. The number of amides is 2. The molecular formula is C22H21IN2O6S. The lowest BCUT2D eigenvalue weighted by molar-refractivity contribution is 0.0506. The molecule has 0 unspecified atom stereocenters. The number of anilines is 1. The van der Waals surface area contributed by atoms with Crippen LogP contribution in [0.3, 0.4) is 0 Å². The molecular weight excluding hydrogens is 547 g/mol. The van der Waals surface area contributed by atoms with E-state index in [9.17, 15) is 14.4 Å². The Kier molecular flexibility index (Phi) is 7.91. The Bertz CT molecular complexity index is 1140. The summed E-state index contributed by atoms with van der Waals surface area (Å²) in [7, 11) is 0. The highest BCUT2D eigenvalue weighted by Gasteiger charge is 2.26. The molecule has 8 nitrogen and oxygen atoms in total. The van der Waals surface area contributed by atoms with Crippen molar-refractivity contribution in [2.24, 2.45) is 5.73 Å². The van der Waals surface area contributed by atoms with E-state index in [1.54, 1.807) is 13.0 Å². The van der Waals surface area contributed by atoms with Gasteiger partial charge in [0.1, 0.15) is 23.1 Å². The van der Waals surface area contributed by atoms with E-state index >= 15 is 0 Å². The highest BCUT2D eigenvalue weighted by Crippen LogP contribution is 2.34. The molecule has 3 rings (SSSR count). The van der Waals surface area contributed by atoms with Gasteiger partial charge in [0.2, 0.25) is 0 Å². The van der Waals surface area contributed by atoms with Gasteiger partial charge in [-0.05, 0) is 77.9 Å². The van der Waals surface area contributed by atoms with Crippen molar-refractivity contribution in [1.29, 1.82) is 0 Å². The second-order valence-electron chi connectivity index (χ2n) is 6.72. The number of primary amides is 1. The lowest BCUT2D eigenvalue weighted by Gasteiger charge is -2.07. The van der Waals surface area contributed by atoms with Gasteiger partial charge in [0.15, 0.2) is 5.76 Å². The fourth-order valence-electron chi connectivity index (χ4n) is 2.78. The summed E-state index contributed by atoms with van der Waals surface area (Å²) in [5, 5.41) is 2.81. The van der Waals surface area contributed by atoms with E-state index in [0.29, 0.717) is 23.5 Å². The predicted molar refractivity (Wildman–Crippen MR) is 128 cm³/mol. The minimum absolute atomic E-state index is 0.0331. The third-order valence-electron chi connectivity index (χ3n) is 4.32. The Morgan fingerprint density at radius 3 is 2.53 bits per heavy atom. The van der Waals surface area contributed by atoms with Crippen LogP contribution in [0, 0.1) is 10.5 Å². The molecule has 2 heterocycles. The maximum Gasteiger partial charge on any atom is 0.341 e. The van der Waals surface area contributed by atoms with E-state index in [0.717, 1.165) is 14.9 Å². The van der Waals surface area contributed by atoms with Gasteiger partial charge in [-0.3, -0.25) is 9.59 Å². The second-order valence-corrected chi connectivity index (χ2v) is 8.99. The fraction of sp³-hybridized carbons (Fsp3) is 0.227. The molecule has 10 heteroatoms. The molecule has 0 atom stereocenters. The van der Waals surface area contributed by atoms with Crippen LogP contribution in [-0.2, 0) is 11.3 Å². The van der Waals surface area contributed by atoms with Crippen LogP contribution >= 0.6 is 33.9 Å². The first-order valence-corrected chi connectivity index (χ1v) is 11.6. The van der Waals surface area contributed by atoms with Crippen LogP contribution in [-0.4, -0.2) is 24.4 Å². The number of benzene rings is 1. The van der Waals surface area contributed by atoms with Gasteiger partial charge in [0, 0.05) is 3.57 Å². The number of halogens is 1. The molecule has 0 aliphatic carbocycles. The van der Waals surface area contributed by atoms with Crippen molar-refractivity contribution in [3.8, 4) is 5.75 Å². The van der Waals surface area contributed by atoms with Crippen molar-refractivity contribution in [3.63, 3.8) is 0 Å². The summed E-state index contributed by atoms with van der Waals surface area (Å²) in [5.74, 6) is -0.731. The number of carbonyl (C=O) groups is 3. The van der Waals surface area contributed by atoms with Crippen LogP contribution in [0.1, 0.15) is 55.3 Å². The third-order valence-corrected chi connectivity index (χ3v) is 6.26. The topological polar surface area (TPSA) is 121 Å². The molecule has 0 fully saturated rings. The number of hydrogen-bond donors (Lipinski definition) is 2. The molecule has 2 aromatic heterocycles. The number of nitrogens with one attached hydrogen (secondary N) is 1. The summed E-state index contributed by atoms with van der Waals surface area (Å²) < 4.78 is 17.5. The monoisotopic (exact) mass is 568 g/mol. The summed E-state index contributed by atoms with van der Waals surface area (Å²) in [6.07, 6.45) is 0.638. The Morgan fingerprint density at radius 2 is 1.88 bits per heavy atom. The van der Waals surface area contributed by atoms with Crippen molar-refractivity contribution < 1.29 is 28.3 Å². The van der Waals surface area contributed by atoms with Gasteiger partial charge in [-0.15, -0.1) is 11.3 Å². The summed E-state index contributed by atoms with van der Waals surface area (Å²) in [6, 6.07) is 10.7. The molecule has 32 heavy (non-hydrogen) atoms. The molecule has 3 aromatic rings. The van der Waals surface area contributed by atoms with Crippen molar-refractivity contribution in [1.82, 2.24) is 0 Å². The van der Waals surface area contributed by atoms with Crippen molar-refractivity contribution in [2.45, 2.75) is 26.9 Å². The minimum atomic E-state index is -0.689. The minimum Gasteiger partial charge on any atom is -0.486 e. The van der Waals surface area contributed by atoms with Crippen LogP contribution < -0.4 is 15.8 Å². The zero-order valence-electron chi connectivity index (χ0n) is 17.4. The van der Waals surface area contributed by atoms with Gasteiger partial charge in [-0.1, -0.05) is 6.92 Å². The molecule has 0 spiro atoms. The molecule has 2 amide bonds. The van der Waals surface area contributed by atoms with E-state index in [2.05, 4.69) is 27.9 Å². The average molecular weight is 568 g/mol. The van der Waals surface area contributed by atoms with E-state index < -0.39 is 17.8 Å². The summed E-state index contributed by atoms with van der Waals surface area (Å²) in [6.45, 7) is 3.81. The fourth-order valence-corrected chi connectivity index (χ4v) is 4.18. The summed E-state index contributed by atoms with van der Waals surface area (Å²) >= 11 is 3.12. The van der Waals surface area contributed by atoms with Crippen LogP contribution in [0.4, 0.5) is 5.00 Å². The van der Waals surface area contributed by atoms with Crippen LogP contribution in [0.25, 0.3) is 0 Å². The van der Waals surface area contributed by atoms with Gasteiger partial charge in [-0.25, -0.2) is 4.79 Å². The second kappa shape index (κ2) is 10.6. The maximum absolute atomic E-state index is 12.7. The van der Waals surface area contributed by atoms with Crippen molar-refractivity contribution in [2.75, 3.05) is 11.9 Å². The van der Waals surface area contributed by atoms with Crippen LogP contribution in [0.15, 0.2) is 40.8 Å². The van der Waals surface area contributed by atoms with Gasteiger partial charge in [0.05, 0.1) is 17.0 Å². The molecule has 3 N–H and O–H groups in total. The lowest BCUT2D eigenvalue weighted by atomic mass is 10.1. The Morgan fingerprint density at radius 1 is 1.16 bits per heavy atom. The highest BCUT2D eigenvalue weighted by atomic mass is 127. The largest absolute Gasteiger partial charge is 0.486 e. The SMILES string of the molecule is CCCOC(=O)c1c(NC(=O)c2ccc(COc3ccc(I)cc3)o2)sc(C(N)=O)c1C. The highest BCUT2D eigenvalue weighted by molar-refractivity contribution is 14.1. The summed E-state index contributed by atoms with van der Waals surface area (Å²) in [4.78, 5) is 37.1. The number of furan rings is 1. The van der Waals surface area contributed by atoms with Crippen LogP contribution in [0.5, 0.6) is 5.75 Å². The predicted octanol–water partition coefficient (Wildman–Crippen LogP) is 4.75. The molecule has 0 saturated heterocycles. The number of esters is 1. The quantitative estimate of drug-likeness (QED) is 0.284. The average Bonchev–Trinajstić information content (AvgIpc) is 3.36. The normalized spacial score (nSPS) is 10.6. The molecule has 0 bridgehead atoms.